The van der Waals surface area contributed by atoms with Crippen molar-refractivity contribution in [1.82, 2.24) is 5.32 Å². The van der Waals surface area contributed by atoms with E-state index >= 15 is 0 Å². The van der Waals surface area contributed by atoms with Gasteiger partial charge >= 0.3 is 0 Å². The van der Waals surface area contributed by atoms with Gasteiger partial charge in [-0.1, -0.05) is 30.3 Å². The van der Waals surface area contributed by atoms with Gasteiger partial charge in [-0.15, -0.1) is 0 Å². The third kappa shape index (κ3) is 5.11. The molecule has 0 saturated heterocycles. The molecule has 0 atom stereocenters. The first-order valence-corrected chi connectivity index (χ1v) is 8.43. The van der Waals surface area contributed by atoms with E-state index < -0.39 is 0 Å². The number of rotatable bonds is 7. The quantitative estimate of drug-likeness (QED) is 0.611. The fourth-order valence-electron chi connectivity index (χ4n) is 2.44. The highest BCUT2D eigenvalue weighted by Gasteiger charge is 2.19. The predicted molar refractivity (Wildman–Crippen MR) is 95.9 cm³/mol. The van der Waals surface area contributed by atoms with Gasteiger partial charge in [0.15, 0.2) is 18.3 Å². The van der Waals surface area contributed by atoms with Crippen LogP contribution in [0.15, 0.2) is 42.5 Å². The summed E-state index contributed by atoms with van der Waals surface area (Å²) >= 11 is 0. The predicted octanol–water partition coefficient (Wildman–Crippen LogP) is 3.86. The standard InChI is InChI=1S/C20H25NO4/c1-20(2,3)21-11-16-9-18-19(25-14-24-18)10-17(16)23-13-22-12-15-7-5-4-6-8-15/h4-10,21H,11-14H2,1-3H3. The van der Waals surface area contributed by atoms with Crippen LogP contribution in [0.1, 0.15) is 31.9 Å². The second-order valence-corrected chi connectivity index (χ2v) is 7.01. The number of hydrogen-bond donors (Lipinski definition) is 1. The SMILES string of the molecule is CC(C)(C)NCc1cc2c(cc1OCOCc1ccccc1)OCO2. The monoisotopic (exact) mass is 343 g/mol. The van der Waals surface area contributed by atoms with Crippen molar-refractivity contribution in [2.45, 2.75) is 39.5 Å². The maximum Gasteiger partial charge on any atom is 0.231 e. The molecule has 0 aliphatic carbocycles. The van der Waals surface area contributed by atoms with Gasteiger partial charge < -0.3 is 24.3 Å². The number of benzene rings is 2. The van der Waals surface area contributed by atoms with Crippen molar-refractivity contribution in [3.05, 3.63) is 53.6 Å². The lowest BCUT2D eigenvalue weighted by Gasteiger charge is -2.22. The molecule has 0 fully saturated rings. The Hall–Kier alpha value is -2.24. The van der Waals surface area contributed by atoms with E-state index in [1.54, 1.807) is 0 Å². The molecule has 134 valence electrons. The molecule has 5 heteroatoms. The molecule has 2 aromatic rings. The molecule has 25 heavy (non-hydrogen) atoms. The fourth-order valence-corrected chi connectivity index (χ4v) is 2.44. The van der Waals surface area contributed by atoms with Gasteiger partial charge in [0.25, 0.3) is 0 Å². The largest absolute Gasteiger partial charge is 0.467 e. The molecule has 0 unspecified atom stereocenters. The van der Waals surface area contributed by atoms with E-state index in [9.17, 15) is 0 Å². The van der Waals surface area contributed by atoms with E-state index in [0.29, 0.717) is 18.9 Å². The van der Waals surface area contributed by atoms with Gasteiger partial charge in [0, 0.05) is 23.7 Å². The molecule has 0 bridgehead atoms. The molecule has 1 aliphatic heterocycles. The molecule has 3 rings (SSSR count). The number of hydrogen-bond acceptors (Lipinski definition) is 5. The first kappa shape index (κ1) is 17.6. The summed E-state index contributed by atoms with van der Waals surface area (Å²) in [5, 5.41) is 3.47. The Morgan fingerprint density at radius 3 is 2.48 bits per heavy atom. The Balaban J connectivity index is 1.62. The van der Waals surface area contributed by atoms with Crippen LogP contribution in [-0.2, 0) is 17.9 Å². The molecule has 0 saturated carbocycles. The van der Waals surface area contributed by atoms with E-state index in [1.807, 2.05) is 42.5 Å². The van der Waals surface area contributed by atoms with Crippen LogP contribution in [0.2, 0.25) is 0 Å². The summed E-state index contributed by atoms with van der Waals surface area (Å²) in [6.45, 7) is 8.00. The van der Waals surface area contributed by atoms with Crippen molar-refractivity contribution < 1.29 is 18.9 Å². The van der Waals surface area contributed by atoms with Crippen molar-refractivity contribution in [1.29, 1.82) is 0 Å². The lowest BCUT2D eigenvalue weighted by molar-refractivity contribution is 0.00438. The van der Waals surface area contributed by atoms with Gasteiger partial charge in [-0.05, 0) is 32.4 Å². The lowest BCUT2D eigenvalue weighted by atomic mass is 10.1. The van der Waals surface area contributed by atoms with Crippen molar-refractivity contribution >= 4 is 0 Å². The smallest absolute Gasteiger partial charge is 0.231 e. The van der Waals surface area contributed by atoms with Crippen LogP contribution >= 0.6 is 0 Å². The van der Waals surface area contributed by atoms with Crippen LogP contribution in [0.3, 0.4) is 0 Å². The molecule has 0 spiro atoms. The maximum atomic E-state index is 5.85. The number of nitrogens with one attached hydrogen (secondary N) is 1. The van der Waals surface area contributed by atoms with Gasteiger partial charge in [0.2, 0.25) is 6.79 Å². The minimum absolute atomic E-state index is 0.0114. The third-order valence-corrected chi connectivity index (χ3v) is 3.77. The normalized spacial score (nSPS) is 13.1. The molecule has 0 amide bonds. The second kappa shape index (κ2) is 7.76. The summed E-state index contributed by atoms with van der Waals surface area (Å²) in [5.41, 5.74) is 2.14. The summed E-state index contributed by atoms with van der Waals surface area (Å²) in [5.74, 6) is 2.20. The fraction of sp³-hybridized carbons (Fsp3) is 0.400. The highest BCUT2D eigenvalue weighted by atomic mass is 16.7. The Bertz CT molecular complexity index is 695. The van der Waals surface area contributed by atoms with Crippen molar-refractivity contribution in [3.8, 4) is 17.2 Å². The van der Waals surface area contributed by atoms with Crippen LogP contribution in [0.25, 0.3) is 0 Å². The Labute approximate surface area is 148 Å². The second-order valence-electron chi connectivity index (χ2n) is 7.01. The summed E-state index contributed by atoms with van der Waals surface area (Å²) in [4.78, 5) is 0. The van der Waals surface area contributed by atoms with Crippen LogP contribution in [0, 0.1) is 0 Å². The number of fused-ring (bicyclic) bond motifs is 1. The maximum absolute atomic E-state index is 5.85. The van der Waals surface area contributed by atoms with E-state index in [1.165, 1.54) is 0 Å². The van der Waals surface area contributed by atoms with Crippen molar-refractivity contribution in [2.24, 2.45) is 0 Å². The summed E-state index contributed by atoms with van der Waals surface area (Å²) in [6.07, 6.45) is 0. The zero-order valence-corrected chi connectivity index (χ0v) is 15.0. The zero-order valence-electron chi connectivity index (χ0n) is 15.0. The van der Waals surface area contributed by atoms with Gasteiger partial charge in [0.1, 0.15) is 5.75 Å². The molecule has 1 aliphatic rings. The Kier molecular flexibility index (Phi) is 5.46. The van der Waals surface area contributed by atoms with E-state index in [2.05, 4.69) is 26.1 Å². The minimum Gasteiger partial charge on any atom is -0.467 e. The zero-order chi connectivity index (χ0) is 17.7. The summed E-state index contributed by atoms with van der Waals surface area (Å²) in [7, 11) is 0. The Morgan fingerprint density at radius 1 is 1.04 bits per heavy atom. The highest BCUT2D eigenvalue weighted by molar-refractivity contribution is 5.51. The average Bonchev–Trinajstić information content (AvgIpc) is 3.04. The van der Waals surface area contributed by atoms with E-state index in [0.717, 1.165) is 22.6 Å². The molecular formula is C20H25NO4. The van der Waals surface area contributed by atoms with E-state index in [4.69, 9.17) is 18.9 Å². The molecule has 1 heterocycles. The number of ether oxygens (including phenoxy) is 4. The van der Waals surface area contributed by atoms with Crippen LogP contribution < -0.4 is 19.5 Å². The van der Waals surface area contributed by atoms with Crippen molar-refractivity contribution in [3.63, 3.8) is 0 Å². The van der Waals surface area contributed by atoms with E-state index in [-0.39, 0.29) is 19.1 Å². The summed E-state index contributed by atoms with van der Waals surface area (Å²) < 4.78 is 22.4. The topological polar surface area (TPSA) is 49.0 Å². The molecule has 1 N–H and O–H groups in total. The van der Waals surface area contributed by atoms with Gasteiger partial charge in [-0.3, -0.25) is 0 Å². The molecule has 2 aromatic carbocycles. The van der Waals surface area contributed by atoms with Gasteiger partial charge in [-0.2, -0.15) is 0 Å². The molecule has 0 radical (unpaired) electrons. The van der Waals surface area contributed by atoms with Crippen LogP contribution in [0.4, 0.5) is 0 Å². The Morgan fingerprint density at radius 2 is 1.76 bits per heavy atom. The lowest BCUT2D eigenvalue weighted by Crippen LogP contribution is -2.35. The van der Waals surface area contributed by atoms with Crippen LogP contribution in [0.5, 0.6) is 17.2 Å². The molecule has 5 nitrogen and oxygen atoms in total. The van der Waals surface area contributed by atoms with Crippen molar-refractivity contribution in [2.75, 3.05) is 13.6 Å². The first-order chi connectivity index (χ1) is 12.0. The first-order valence-electron chi connectivity index (χ1n) is 8.43. The molecule has 0 aromatic heterocycles. The van der Waals surface area contributed by atoms with Crippen LogP contribution in [-0.4, -0.2) is 19.1 Å². The summed E-state index contributed by atoms with van der Waals surface area (Å²) in [6, 6.07) is 13.9. The van der Waals surface area contributed by atoms with Gasteiger partial charge in [0.05, 0.1) is 6.61 Å². The third-order valence-electron chi connectivity index (χ3n) is 3.77. The van der Waals surface area contributed by atoms with Gasteiger partial charge in [-0.25, -0.2) is 0 Å². The average molecular weight is 343 g/mol. The highest BCUT2D eigenvalue weighted by Crippen LogP contribution is 2.38. The molecular weight excluding hydrogens is 318 g/mol. The minimum atomic E-state index is 0.0114.